The summed E-state index contributed by atoms with van der Waals surface area (Å²) < 4.78 is 7.32. The van der Waals surface area contributed by atoms with Gasteiger partial charge in [-0.25, -0.2) is 9.97 Å². The van der Waals surface area contributed by atoms with Gasteiger partial charge in [0.25, 0.3) is 0 Å². The van der Waals surface area contributed by atoms with Gasteiger partial charge in [0.2, 0.25) is 0 Å². The number of nitriles is 1. The molecule has 2 aromatic heterocycles. The van der Waals surface area contributed by atoms with Crippen molar-refractivity contribution in [3.8, 4) is 17.5 Å². The zero-order valence-electron chi connectivity index (χ0n) is 15.8. The molecule has 2 N–H and O–H groups in total. The number of hydrogen-bond acceptors (Lipinski definition) is 7. The average molecular weight is 393 g/mol. The van der Waals surface area contributed by atoms with Gasteiger partial charge in [0.15, 0.2) is 10.9 Å². The van der Waals surface area contributed by atoms with Gasteiger partial charge in [0.05, 0.1) is 19.1 Å². The Kier molecular flexibility index (Phi) is 5.66. The Morgan fingerprint density at radius 1 is 1.36 bits per heavy atom. The normalized spacial score (nSPS) is 10.5. The van der Waals surface area contributed by atoms with Crippen LogP contribution in [0.3, 0.4) is 0 Å². The molecule has 0 bridgehead atoms. The molecule has 3 aromatic rings. The number of hydrogen-bond donors (Lipinski definition) is 1. The number of anilines is 1. The van der Waals surface area contributed by atoms with Crippen molar-refractivity contribution in [1.29, 1.82) is 5.26 Å². The van der Waals surface area contributed by atoms with Gasteiger partial charge in [-0.3, -0.25) is 4.79 Å². The summed E-state index contributed by atoms with van der Waals surface area (Å²) in [5.74, 6) is 1.01. The van der Waals surface area contributed by atoms with E-state index >= 15 is 0 Å². The molecule has 1 aromatic carbocycles. The van der Waals surface area contributed by atoms with E-state index in [1.807, 2.05) is 54.8 Å². The second kappa shape index (κ2) is 8.15. The van der Waals surface area contributed by atoms with E-state index in [-0.39, 0.29) is 22.9 Å². The van der Waals surface area contributed by atoms with Crippen LogP contribution in [0.2, 0.25) is 0 Å². The maximum atomic E-state index is 12.8. The zero-order valence-corrected chi connectivity index (χ0v) is 16.6. The van der Waals surface area contributed by atoms with E-state index in [9.17, 15) is 4.79 Å². The molecule has 0 atom stereocenters. The van der Waals surface area contributed by atoms with Crippen molar-refractivity contribution >= 4 is 23.4 Å². The molecule has 0 amide bonds. The number of carbonyl (C=O) groups is 1. The Balaban J connectivity index is 1.81. The highest BCUT2D eigenvalue weighted by molar-refractivity contribution is 7.99. The Bertz CT molecular complexity index is 1080. The van der Waals surface area contributed by atoms with Crippen LogP contribution in [0.1, 0.15) is 27.3 Å². The van der Waals surface area contributed by atoms with E-state index in [1.165, 1.54) is 18.0 Å². The van der Waals surface area contributed by atoms with Crippen LogP contribution in [0, 0.1) is 25.2 Å². The van der Waals surface area contributed by atoms with Crippen molar-refractivity contribution in [2.45, 2.75) is 19.0 Å². The van der Waals surface area contributed by atoms with Crippen LogP contribution < -0.4 is 10.5 Å². The number of aromatic nitrogens is 3. The minimum Gasteiger partial charge on any atom is -0.497 e. The third-order valence-corrected chi connectivity index (χ3v) is 5.15. The summed E-state index contributed by atoms with van der Waals surface area (Å²) in [4.78, 5) is 20.9. The first-order valence-electron chi connectivity index (χ1n) is 8.46. The molecule has 7 nitrogen and oxygen atoms in total. The lowest BCUT2D eigenvalue weighted by Crippen LogP contribution is -2.06. The maximum Gasteiger partial charge on any atom is 0.189 e. The van der Waals surface area contributed by atoms with Crippen molar-refractivity contribution < 1.29 is 9.53 Å². The predicted molar refractivity (Wildman–Crippen MR) is 108 cm³/mol. The lowest BCUT2D eigenvalue weighted by molar-refractivity contribution is 0.102. The standard InChI is InChI=1S/C20H19N5O2S/c1-12-7-17(13(2)25(12)15-5-4-6-16(8-15)27-3)18(26)11-28-20-23-10-14(9-21)19(22)24-20/h4-8,10H,11H2,1-3H3,(H2,22,23,24). The van der Waals surface area contributed by atoms with Crippen LogP contribution >= 0.6 is 11.8 Å². The molecular weight excluding hydrogens is 374 g/mol. The van der Waals surface area contributed by atoms with Gasteiger partial charge in [-0.15, -0.1) is 0 Å². The molecular formula is C20H19N5O2S. The highest BCUT2D eigenvalue weighted by Gasteiger charge is 2.18. The van der Waals surface area contributed by atoms with Gasteiger partial charge in [0, 0.05) is 28.7 Å². The van der Waals surface area contributed by atoms with E-state index in [0.717, 1.165) is 22.8 Å². The van der Waals surface area contributed by atoms with Crippen LogP contribution in [0.4, 0.5) is 5.82 Å². The van der Waals surface area contributed by atoms with Crippen molar-refractivity contribution in [2.24, 2.45) is 0 Å². The minimum absolute atomic E-state index is 0.0289. The summed E-state index contributed by atoms with van der Waals surface area (Å²) in [5.41, 5.74) is 9.32. The number of ether oxygens (including phenoxy) is 1. The molecule has 28 heavy (non-hydrogen) atoms. The molecule has 3 rings (SSSR count). The summed E-state index contributed by atoms with van der Waals surface area (Å²) in [6, 6.07) is 11.5. The van der Waals surface area contributed by atoms with Crippen LogP contribution in [0.25, 0.3) is 5.69 Å². The number of thioether (sulfide) groups is 1. The van der Waals surface area contributed by atoms with Gasteiger partial charge in [-0.2, -0.15) is 5.26 Å². The molecule has 8 heteroatoms. The van der Waals surface area contributed by atoms with Gasteiger partial charge in [0.1, 0.15) is 23.2 Å². The number of rotatable bonds is 6. The number of carbonyl (C=O) groups excluding carboxylic acids is 1. The molecule has 142 valence electrons. The number of nitrogen functional groups attached to an aromatic ring is 1. The molecule has 0 saturated carbocycles. The molecule has 0 spiro atoms. The Morgan fingerprint density at radius 2 is 2.14 bits per heavy atom. The van der Waals surface area contributed by atoms with E-state index in [4.69, 9.17) is 15.7 Å². The number of methoxy groups -OCH3 is 1. The third kappa shape index (κ3) is 3.85. The highest BCUT2D eigenvalue weighted by atomic mass is 32.2. The molecule has 0 fully saturated rings. The Labute approximate surface area is 167 Å². The lowest BCUT2D eigenvalue weighted by atomic mass is 10.2. The summed E-state index contributed by atoms with van der Waals surface area (Å²) >= 11 is 1.19. The van der Waals surface area contributed by atoms with E-state index < -0.39 is 0 Å². The molecule has 2 heterocycles. The highest BCUT2D eigenvalue weighted by Crippen LogP contribution is 2.25. The van der Waals surface area contributed by atoms with E-state index in [1.54, 1.807) is 7.11 Å². The summed E-state index contributed by atoms with van der Waals surface area (Å²) in [6.07, 6.45) is 1.36. The topological polar surface area (TPSA) is 107 Å². The van der Waals surface area contributed by atoms with Gasteiger partial charge in [-0.1, -0.05) is 17.8 Å². The van der Waals surface area contributed by atoms with Crippen LogP contribution in [-0.4, -0.2) is 33.2 Å². The predicted octanol–water partition coefficient (Wildman–Crippen LogP) is 3.32. The van der Waals surface area contributed by atoms with Gasteiger partial charge < -0.3 is 15.0 Å². The van der Waals surface area contributed by atoms with Crippen molar-refractivity contribution in [1.82, 2.24) is 14.5 Å². The number of Topliss-reactive ketones (excluding diaryl/α,β-unsaturated/α-hetero) is 1. The first-order valence-corrected chi connectivity index (χ1v) is 9.45. The van der Waals surface area contributed by atoms with Crippen LogP contribution in [0.5, 0.6) is 5.75 Å². The smallest absolute Gasteiger partial charge is 0.189 e. The van der Waals surface area contributed by atoms with Crippen molar-refractivity contribution in [2.75, 3.05) is 18.6 Å². The fourth-order valence-corrected chi connectivity index (χ4v) is 3.64. The van der Waals surface area contributed by atoms with E-state index in [0.29, 0.717) is 10.7 Å². The monoisotopic (exact) mass is 393 g/mol. The molecule has 0 saturated heterocycles. The average Bonchev–Trinajstić information content (AvgIpc) is 3.00. The number of aryl methyl sites for hydroxylation is 1. The maximum absolute atomic E-state index is 12.8. The molecule has 0 radical (unpaired) electrons. The van der Waals surface area contributed by atoms with Gasteiger partial charge >= 0.3 is 0 Å². The van der Waals surface area contributed by atoms with Gasteiger partial charge in [-0.05, 0) is 32.0 Å². The molecule has 0 aliphatic rings. The summed E-state index contributed by atoms with van der Waals surface area (Å²) in [6.45, 7) is 3.88. The Hall–Kier alpha value is -3.31. The molecule has 0 aliphatic carbocycles. The van der Waals surface area contributed by atoms with Crippen molar-refractivity contribution in [3.05, 3.63) is 59.0 Å². The van der Waals surface area contributed by atoms with Crippen LogP contribution in [-0.2, 0) is 0 Å². The number of benzene rings is 1. The number of nitrogens with two attached hydrogens (primary N) is 1. The summed E-state index contributed by atoms with van der Waals surface area (Å²) in [5, 5.41) is 9.25. The lowest BCUT2D eigenvalue weighted by Gasteiger charge is -2.11. The third-order valence-electron chi connectivity index (χ3n) is 4.29. The summed E-state index contributed by atoms with van der Waals surface area (Å²) in [7, 11) is 1.62. The first kappa shape index (κ1) is 19.5. The fraction of sp³-hybridized carbons (Fsp3) is 0.200. The first-order chi connectivity index (χ1) is 13.4. The fourth-order valence-electron chi connectivity index (χ4n) is 2.93. The second-order valence-electron chi connectivity index (χ2n) is 6.10. The zero-order chi connectivity index (χ0) is 20.3. The molecule has 0 unspecified atom stereocenters. The second-order valence-corrected chi connectivity index (χ2v) is 7.04. The van der Waals surface area contributed by atoms with Crippen molar-refractivity contribution in [3.63, 3.8) is 0 Å². The van der Waals surface area contributed by atoms with Crippen LogP contribution in [0.15, 0.2) is 41.7 Å². The number of nitrogens with zero attached hydrogens (tertiary/aromatic N) is 4. The number of ketones is 1. The minimum atomic E-state index is -0.0289. The molecule has 0 aliphatic heterocycles. The quantitative estimate of drug-likeness (QED) is 0.389. The largest absolute Gasteiger partial charge is 0.497 e. The Morgan fingerprint density at radius 3 is 2.82 bits per heavy atom. The van der Waals surface area contributed by atoms with E-state index in [2.05, 4.69) is 9.97 Å². The SMILES string of the molecule is COc1cccc(-n2c(C)cc(C(=O)CSc3ncc(C#N)c(N)n3)c2C)c1.